The van der Waals surface area contributed by atoms with E-state index in [1.165, 1.54) is 18.2 Å². The second kappa shape index (κ2) is 10.8. The Kier molecular flexibility index (Phi) is 7.14. The maximum atomic E-state index is 15.0. The van der Waals surface area contributed by atoms with Gasteiger partial charge in [-0.15, -0.1) is 0 Å². The molecule has 4 aliphatic rings. The van der Waals surface area contributed by atoms with Crippen LogP contribution in [-0.2, 0) is 30.8 Å². The second-order valence-corrected chi connectivity index (χ2v) is 12.8. The minimum Gasteiger partial charge on any atom is -0.505 e. The van der Waals surface area contributed by atoms with E-state index >= 15 is 4.39 Å². The number of fused-ring (bicyclic) bond motifs is 4. The highest BCUT2D eigenvalue weighted by Gasteiger charge is 2.70. The van der Waals surface area contributed by atoms with Crippen molar-refractivity contribution in [3.8, 4) is 5.75 Å². The number of aromatic hydroxyl groups is 1. The lowest BCUT2D eigenvalue weighted by Gasteiger charge is -2.50. The van der Waals surface area contributed by atoms with Gasteiger partial charge in [0.2, 0.25) is 11.8 Å². The summed E-state index contributed by atoms with van der Waals surface area (Å²) in [5.41, 5.74) is 0.595. The molecule has 2 aliphatic heterocycles. The van der Waals surface area contributed by atoms with Gasteiger partial charge in [0.15, 0.2) is 17.4 Å². The molecule has 6 atom stereocenters. The zero-order valence-corrected chi connectivity index (χ0v) is 25.3. The summed E-state index contributed by atoms with van der Waals surface area (Å²) in [4.78, 5) is 58.9. The normalized spacial score (nSPS) is 28.4. The van der Waals surface area contributed by atoms with Crippen LogP contribution in [0.1, 0.15) is 35.4 Å². The molecular weight excluding hydrogens is 667 g/mol. The molecule has 0 radical (unpaired) electrons. The fourth-order valence-corrected chi connectivity index (χ4v) is 8.11. The molecular formula is C32H22Cl2F4N4O5. The number of benzene rings is 2. The predicted octanol–water partition coefficient (Wildman–Crippen LogP) is 5.52. The zero-order chi connectivity index (χ0) is 33.6. The summed E-state index contributed by atoms with van der Waals surface area (Å²) in [6.45, 7) is 0. The number of phenols is 1. The smallest absolute Gasteiger partial charge is 0.417 e. The molecule has 2 aromatic carbocycles. The van der Waals surface area contributed by atoms with Crippen LogP contribution < -0.4 is 10.7 Å². The molecule has 47 heavy (non-hydrogen) atoms. The molecule has 0 unspecified atom stereocenters. The lowest BCUT2D eigenvalue weighted by Crippen LogP contribution is -2.53. The van der Waals surface area contributed by atoms with Crippen LogP contribution in [0.2, 0.25) is 10.0 Å². The van der Waals surface area contributed by atoms with Gasteiger partial charge in [0.05, 0.1) is 33.8 Å². The second-order valence-electron chi connectivity index (χ2n) is 12.0. The van der Waals surface area contributed by atoms with Crippen LogP contribution in [0.25, 0.3) is 0 Å². The third-order valence-corrected chi connectivity index (χ3v) is 10.2. The number of rotatable bonds is 4. The summed E-state index contributed by atoms with van der Waals surface area (Å²) in [5.74, 6) is -9.35. The molecule has 4 amide bonds. The number of amides is 4. The van der Waals surface area contributed by atoms with Gasteiger partial charge in [-0.05, 0) is 60.2 Å². The number of nitrogens with zero attached hydrogens (tertiary/aromatic N) is 2. The number of anilines is 1. The quantitative estimate of drug-likeness (QED) is 0.187. The van der Waals surface area contributed by atoms with E-state index in [2.05, 4.69) is 15.7 Å². The number of imide groups is 2. The van der Waals surface area contributed by atoms with Crippen molar-refractivity contribution < 1.29 is 41.8 Å². The van der Waals surface area contributed by atoms with Gasteiger partial charge in [-0.3, -0.25) is 29.9 Å². The molecule has 2 saturated heterocycles. The van der Waals surface area contributed by atoms with E-state index in [4.69, 9.17) is 23.2 Å². The fraction of sp³-hybridized carbons (Fsp3) is 0.281. The Morgan fingerprint density at radius 1 is 1.00 bits per heavy atom. The summed E-state index contributed by atoms with van der Waals surface area (Å²) in [5, 5.41) is 12.8. The fourth-order valence-electron chi connectivity index (χ4n) is 7.77. The van der Waals surface area contributed by atoms with Gasteiger partial charge in [-0.25, -0.2) is 9.37 Å². The van der Waals surface area contributed by atoms with E-state index in [9.17, 15) is 37.5 Å². The maximum absolute atomic E-state index is 15.0. The molecule has 7 rings (SSSR count). The third kappa shape index (κ3) is 4.61. The Morgan fingerprint density at radius 2 is 1.72 bits per heavy atom. The first-order valence-corrected chi connectivity index (χ1v) is 15.2. The number of aromatic nitrogens is 1. The average Bonchev–Trinajstić information content (AvgIpc) is 3.43. The van der Waals surface area contributed by atoms with Gasteiger partial charge in [0.1, 0.15) is 0 Å². The van der Waals surface area contributed by atoms with Crippen molar-refractivity contribution in [3.05, 3.63) is 98.9 Å². The van der Waals surface area contributed by atoms with Crippen molar-refractivity contribution in [2.45, 2.75) is 30.4 Å². The summed E-state index contributed by atoms with van der Waals surface area (Å²) < 4.78 is 54.9. The van der Waals surface area contributed by atoms with Crippen LogP contribution in [0.15, 0.2) is 66.4 Å². The van der Waals surface area contributed by atoms with Crippen LogP contribution in [-0.4, -0.2) is 38.7 Å². The minimum absolute atomic E-state index is 0.0790. The zero-order valence-electron chi connectivity index (χ0n) is 23.8. The molecule has 1 aromatic heterocycles. The Hall–Kier alpha value is -4.49. The predicted molar refractivity (Wildman–Crippen MR) is 158 cm³/mol. The van der Waals surface area contributed by atoms with Gasteiger partial charge < -0.3 is 5.11 Å². The summed E-state index contributed by atoms with van der Waals surface area (Å²) >= 11 is 12.3. The molecule has 9 nitrogen and oxygen atoms in total. The van der Waals surface area contributed by atoms with E-state index in [0.29, 0.717) is 33.4 Å². The first-order chi connectivity index (χ1) is 22.2. The Balaban J connectivity index is 1.44. The number of carbonyl (C=O) groups is 4. The highest BCUT2D eigenvalue weighted by atomic mass is 35.5. The van der Waals surface area contributed by atoms with Crippen molar-refractivity contribution >= 4 is 52.6 Å². The van der Waals surface area contributed by atoms with Crippen molar-refractivity contribution in [2.75, 3.05) is 5.43 Å². The van der Waals surface area contributed by atoms with Crippen LogP contribution in [0, 0.1) is 29.5 Å². The van der Waals surface area contributed by atoms with Gasteiger partial charge in [0.25, 0.3) is 11.8 Å². The number of pyridine rings is 1. The molecule has 3 fully saturated rings. The molecule has 3 aromatic rings. The molecule has 3 heterocycles. The monoisotopic (exact) mass is 688 g/mol. The molecule has 1 saturated carbocycles. The van der Waals surface area contributed by atoms with Gasteiger partial charge in [-0.1, -0.05) is 53.1 Å². The van der Waals surface area contributed by atoms with Crippen LogP contribution in [0.5, 0.6) is 5.75 Å². The number of phenolic OH excluding ortho intramolecular Hbond substituents is 1. The Morgan fingerprint density at radius 3 is 2.38 bits per heavy atom. The first kappa shape index (κ1) is 31.1. The maximum Gasteiger partial charge on any atom is 0.417 e. The number of carbonyl (C=O) groups excluding carboxylic acids is 4. The van der Waals surface area contributed by atoms with Crippen LogP contribution in [0.4, 0.5) is 23.4 Å². The Bertz CT molecular complexity index is 1920. The number of halogens is 6. The molecule has 3 N–H and O–H groups in total. The molecule has 242 valence electrons. The van der Waals surface area contributed by atoms with Crippen LogP contribution >= 0.6 is 23.2 Å². The summed E-state index contributed by atoms with van der Waals surface area (Å²) in [6, 6.07) is 10.3. The largest absolute Gasteiger partial charge is 0.505 e. The van der Waals surface area contributed by atoms with E-state index in [1.807, 2.05) is 0 Å². The van der Waals surface area contributed by atoms with E-state index < -0.39 is 92.8 Å². The lowest BCUT2D eigenvalue weighted by atomic mass is 9.49. The SMILES string of the molecule is O=C1NC(=O)[C@H]2CC=C3[C@@H](C[C@H]4C(=O)N(Nc5ncc(C(F)(F)F)cc5Cl)C(=O)[C@@]4(c4ccc(Cl)cc4)[C@H]3c3ccc(O)c(F)c3)[C@@H]12. The Labute approximate surface area is 273 Å². The minimum atomic E-state index is -4.76. The molecule has 2 aliphatic carbocycles. The number of allylic oxidation sites excluding steroid dienone is 2. The van der Waals surface area contributed by atoms with E-state index in [1.54, 1.807) is 18.2 Å². The summed E-state index contributed by atoms with van der Waals surface area (Å²) in [6.07, 6.45) is -2.45. The molecule has 0 bridgehead atoms. The van der Waals surface area contributed by atoms with Crippen LogP contribution in [0.3, 0.4) is 0 Å². The summed E-state index contributed by atoms with van der Waals surface area (Å²) in [7, 11) is 0. The number of hydrazine groups is 1. The standard InChI is InChI=1S/C32H22Cl2F4N4O5/c33-16-4-2-14(3-5-16)31-20(29(46)42(30(31)47)41-26-21(34)10-15(12-39-26)32(36,37)38)11-19-17(6-7-18-24(19)28(45)40-27(18)44)25(31)13-1-8-23(43)22(35)9-13/h1-6,8-10,12,18-20,24-25,43H,7,11H2,(H,39,41)(H,40,44,45)/t18-,19+,20-,24-,25-,31+/m0/s1. The number of alkyl halides is 3. The van der Waals surface area contributed by atoms with E-state index in [-0.39, 0.29) is 18.4 Å². The van der Waals surface area contributed by atoms with Gasteiger partial charge in [-0.2, -0.15) is 18.2 Å². The number of hydrogen-bond donors (Lipinski definition) is 3. The van der Waals surface area contributed by atoms with E-state index in [0.717, 1.165) is 12.1 Å². The topological polar surface area (TPSA) is 129 Å². The van der Waals surface area contributed by atoms with Crippen molar-refractivity contribution in [2.24, 2.45) is 23.7 Å². The van der Waals surface area contributed by atoms with Gasteiger partial charge in [0, 0.05) is 17.1 Å². The van der Waals surface area contributed by atoms with Crippen molar-refractivity contribution in [1.29, 1.82) is 0 Å². The average molecular weight is 689 g/mol. The first-order valence-electron chi connectivity index (χ1n) is 14.4. The van der Waals surface area contributed by atoms with Crippen molar-refractivity contribution in [1.82, 2.24) is 15.3 Å². The number of hydrogen-bond acceptors (Lipinski definition) is 7. The van der Waals surface area contributed by atoms with Gasteiger partial charge >= 0.3 is 6.18 Å². The third-order valence-electron chi connectivity index (χ3n) is 9.71. The highest BCUT2D eigenvalue weighted by Crippen LogP contribution is 2.64. The molecule has 0 spiro atoms. The number of nitrogens with one attached hydrogen (secondary N) is 2. The molecule has 15 heteroatoms. The lowest BCUT2D eigenvalue weighted by molar-refractivity contribution is -0.139. The highest BCUT2D eigenvalue weighted by molar-refractivity contribution is 6.33. The van der Waals surface area contributed by atoms with Crippen molar-refractivity contribution in [3.63, 3.8) is 0 Å².